The van der Waals surface area contributed by atoms with Crippen LogP contribution in [0.4, 0.5) is 10.5 Å². The van der Waals surface area contributed by atoms with Crippen molar-refractivity contribution in [3.8, 4) is 0 Å². The van der Waals surface area contributed by atoms with Crippen LogP contribution in [0.1, 0.15) is 45.6 Å². The van der Waals surface area contributed by atoms with Crippen LogP contribution >= 0.6 is 0 Å². The molecule has 3 rings (SSSR count). The average Bonchev–Trinajstić information content (AvgIpc) is 3.08. The van der Waals surface area contributed by atoms with Crippen molar-refractivity contribution in [3.05, 3.63) is 35.9 Å². The van der Waals surface area contributed by atoms with E-state index in [-0.39, 0.29) is 6.09 Å². The van der Waals surface area contributed by atoms with Crippen molar-refractivity contribution in [2.24, 2.45) is 0 Å². The van der Waals surface area contributed by atoms with E-state index in [1.807, 2.05) is 20.8 Å². The lowest BCUT2D eigenvalue weighted by atomic mass is 9.99. The van der Waals surface area contributed by atoms with Crippen molar-refractivity contribution in [1.29, 1.82) is 0 Å². The third kappa shape index (κ3) is 4.11. The van der Waals surface area contributed by atoms with Crippen LogP contribution in [-0.4, -0.2) is 42.8 Å². The SMILES string of the molecule is CC(C)(C)OC(=O)N1CC=C(c2ccc(N3CCCC3)cc2)CC1. The molecule has 130 valence electrons. The Bertz CT molecular complexity index is 608. The lowest BCUT2D eigenvalue weighted by Gasteiger charge is -2.29. The Morgan fingerprint density at radius 3 is 2.25 bits per heavy atom. The van der Waals surface area contributed by atoms with Crippen molar-refractivity contribution < 1.29 is 9.53 Å². The summed E-state index contributed by atoms with van der Waals surface area (Å²) in [4.78, 5) is 16.3. The molecule has 2 aliphatic heterocycles. The van der Waals surface area contributed by atoms with Crippen LogP contribution < -0.4 is 4.90 Å². The Kier molecular flexibility index (Phi) is 4.83. The summed E-state index contributed by atoms with van der Waals surface area (Å²) >= 11 is 0. The van der Waals surface area contributed by atoms with Gasteiger partial charge in [0.1, 0.15) is 5.60 Å². The molecule has 4 nitrogen and oxygen atoms in total. The Labute approximate surface area is 145 Å². The second-order valence-electron chi connectivity index (χ2n) is 7.65. The van der Waals surface area contributed by atoms with Crippen LogP contribution in [0.15, 0.2) is 30.3 Å². The third-order valence-corrected chi connectivity index (χ3v) is 4.57. The summed E-state index contributed by atoms with van der Waals surface area (Å²) in [6.07, 6.45) is 5.41. The first-order valence-corrected chi connectivity index (χ1v) is 8.95. The molecule has 0 saturated carbocycles. The summed E-state index contributed by atoms with van der Waals surface area (Å²) in [6, 6.07) is 8.87. The minimum atomic E-state index is -0.438. The van der Waals surface area contributed by atoms with Gasteiger partial charge in [-0.2, -0.15) is 0 Å². The largest absolute Gasteiger partial charge is 0.444 e. The fraction of sp³-hybridized carbons (Fsp3) is 0.550. The van der Waals surface area contributed by atoms with Crippen LogP contribution in [0.2, 0.25) is 0 Å². The molecular weight excluding hydrogens is 300 g/mol. The van der Waals surface area contributed by atoms with Gasteiger partial charge in [0, 0.05) is 31.9 Å². The fourth-order valence-corrected chi connectivity index (χ4v) is 3.29. The summed E-state index contributed by atoms with van der Waals surface area (Å²) in [5.74, 6) is 0. The zero-order chi connectivity index (χ0) is 17.2. The molecule has 2 heterocycles. The van der Waals surface area contributed by atoms with Crippen molar-refractivity contribution >= 4 is 17.4 Å². The van der Waals surface area contributed by atoms with E-state index in [9.17, 15) is 4.79 Å². The predicted octanol–water partition coefficient (Wildman–Crippen LogP) is 4.31. The van der Waals surface area contributed by atoms with Crippen molar-refractivity contribution in [3.63, 3.8) is 0 Å². The van der Waals surface area contributed by atoms with E-state index in [4.69, 9.17) is 4.74 Å². The Morgan fingerprint density at radius 2 is 1.71 bits per heavy atom. The Hall–Kier alpha value is -1.97. The maximum atomic E-state index is 12.1. The number of carbonyl (C=O) groups is 1. The van der Waals surface area contributed by atoms with Gasteiger partial charge in [-0.25, -0.2) is 4.79 Å². The molecule has 0 unspecified atom stereocenters. The number of carbonyl (C=O) groups excluding carboxylic acids is 1. The van der Waals surface area contributed by atoms with Gasteiger partial charge in [-0.05, 0) is 63.3 Å². The lowest BCUT2D eigenvalue weighted by Crippen LogP contribution is -2.39. The van der Waals surface area contributed by atoms with Gasteiger partial charge in [0.2, 0.25) is 0 Å². The number of hydrogen-bond donors (Lipinski definition) is 0. The molecule has 0 N–H and O–H groups in total. The fourth-order valence-electron chi connectivity index (χ4n) is 3.29. The van der Waals surface area contributed by atoms with E-state index in [2.05, 4.69) is 35.2 Å². The smallest absolute Gasteiger partial charge is 0.410 e. The third-order valence-electron chi connectivity index (χ3n) is 4.57. The van der Waals surface area contributed by atoms with Gasteiger partial charge in [-0.15, -0.1) is 0 Å². The highest BCUT2D eigenvalue weighted by Gasteiger charge is 2.23. The number of benzene rings is 1. The normalized spacial score (nSPS) is 18.5. The molecule has 1 saturated heterocycles. The first kappa shape index (κ1) is 16.9. The number of ether oxygens (including phenoxy) is 1. The minimum absolute atomic E-state index is 0.220. The zero-order valence-electron chi connectivity index (χ0n) is 15.0. The summed E-state index contributed by atoms with van der Waals surface area (Å²) in [7, 11) is 0. The van der Waals surface area contributed by atoms with Crippen LogP contribution in [-0.2, 0) is 4.74 Å². The monoisotopic (exact) mass is 328 g/mol. The van der Waals surface area contributed by atoms with Gasteiger partial charge in [0.15, 0.2) is 0 Å². The molecule has 4 heteroatoms. The summed E-state index contributed by atoms with van der Waals surface area (Å²) in [5.41, 5.74) is 3.47. The highest BCUT2D eigenvalue weighted by atomic mass is 16.6. The molecule has 2 aliphatic rings. The number of anilines is 1. The van der Waals surface area contributed by atoms with Gasteiger partial charge < -0.3 is 14.5 Å². The second kappa shape index (κ2) is 6.88. The predicted molar refractivity (Wildman–Crippen MR) is 98.3 cm³/mol. The van der Waals surface area contributed by atoms with Crippen LogP contribution in [0, 0.1) is 0 Å². The van der Waals surface area contributed by atoms with E-state index in [0.717, 1.165) is 6.42 Å². The molecule has 0 aromatic heterocycles. The number of rotatable bonds is 2. The van der Waals surface area contributed by atoms with E-state index in [1.54, 1.807) is 4.90 Å². The van der Waals surface area contributed by atoms with Gasteiger partial charge in [0.25, 0.3) is 0 Å². The quantitative estimate of drug-likeness (QED) is 0.811. The molecule has 0 aliphatic carbocycles. The maximum Gasteiger partial charge on any atom is 0.410 e. The average molecular weight is 328 g/mol. The lowest BCUT2D eigenvalue weighted by molar-refractivity contribution is 0.0270. The molecule has 24 heavy (non-hydrogen) atoms. The summed E-state index contributed by atoms with van der Waals surface area (Å²) < 4.78 is 5.44. The van der Waals surface area contributed by atoms with Crippen LogP contribution in [0.25, 0.3) is 5.57 Å². The molecule has 0 spiro atoms. The van der Waals surface area contributed by atoms with E-state index in [0.29, 0.717) is 13.1 Å². The molecule has 0 bridgehead atoms. The summed E-state index contributed by atoms with van der Waals surface area (Å²) in [6.45, 7) is 9.39. The van der Waals surface area contributed by atoms with Gasteiger partial charge in [0.05, 0.1) is 0 Å². The molecule has 0 atom stereocenters. The minimum Gasteiger partial charge on any atom is -0.444 e. The van der Waals surface area contributed by atoms with Crippen molar-refractivity contribution in [2.75, 3.05) is 31.1 Å². The van der Waals surface area contributed by atoms with Crippen LogP contribution in [0.3, 0.4) is 0 Å². The van der Waals surface area contributed by atoms with E-state index in [1.165, 1.54) is 42.8 Å². The van der Waals surface area contributed by atoms with Gasteiger partial charge in [-0.1, -0.05) is 18.2 Å². The molecule has 0 radical (unpaired) electrons. The standard InChI is InChI=1S/C20H28N2O2/c1-20(2,3)24-19(23)22-14-10-17(11-15-22)16-6-8-18(9-7-16)21-12-4-5-13-21/h6-10H,4-5,11-15H2,1-3H3. The summed E-state index contributed by atoms with van der Waals surface area (Å²) in [5, 5.41) is 0. The first-order valence-electron chi connectivity index (χ1n) is 8.95. The van der Waals surface area contributed by atoms with Crippen molar-refractivity contribution in [1.82, 2.24) is 4.90 Å². The first-order chi connectivity index (χ1) is 11.4. The van der Waals surface area contributed by atoms with Crippen LogP contribution in [0.5, 0.6) is 0 Å². The molecule has 1 aromatic rings. The Balaban J connectivity index is 1.61. The maximum absolute atomic E-state index is 12.1. The number of amides is 1. The number of hydrogen-bond acceptors (Lipinski definition) is 3. The topological polar surface area (TPSA) is 32.8 Å². The number of nitrogens with zero attached hydrogens (tertiary/aromatic N) is 2. The van der Waals surface area contributed by atoms with E-state index >= 15 is 0 Å². The van der Waals surface area contributed by atoms with Crippen molar-refractivity contribution in [2.45, 2.75) is 45.6 Å². The molecule has 1 fully saturated rings. The van der Waals surface area contributed by atoms with Gasteiger partial charge >= 0.3 is 6.09 Å². The highest BCUT2D eigenvalue weighted by molar-refractivity contribution is 5.73. The zero-order valence-corrected chi connectivity index (χ0v) is 15.0. The Morgan fingerprint density at radius 1 is 1.04 bits per heavy atom. The molecule has 1 aromatic carbocycles. The highest BCUT2D eigenvalue weighted by Crippen LogP contribution is 2.27. The van der Waals surface area contributed by atoms with E-state index < -0.39 is 5.60 Å². The van der Waals surface area contributed by atoms with Gasteiger partial charge in [-0.3, -0.25) is 0 Å². The molecular formula is C20H28N2O2. The second-order valence-corrected chi connectivity index (χ2v) is 7.65. The molecule has 1 amide bonds.